The minimum absolute atomic E-state index is 0.159. The summed E-state index contributed by atoms with van der Waals surface area (Å²) in [5, 5.41) is 2.89. The molecule has 3 aromatic carbocycles. The van der Waals surface area contributed by atoms with Crippen LogP contribution in [0.1, 0.15) is 6.92 Å². The average Bonchev–Trinajstić information content (AvgIpc) is 2.64. The van der Waals surface area contributed by atoms with E-state index in [9.17, 15) is 13.2 Å². The lowest BCUT2D eigenvalue weighted by atomic mass is 10.1. The van der Waals surface area contributed by atoms with Crippen LogP contribution in [0.2, 0.25) is 5.02 Å². The number of carbonyl (C=O) groups is 1. The molecule has 0 saturated heterocycles. The predicted octanol–water partition coefficient (Wildman–Crippen LogP) is 4.77. The van der Waals surface area contributed by atoms with Gasteiger partial charge in [0, 0.05) is 12.5 Å². The normalized spacial score (nSPS) is 11.0. The summed E-state index contributed by atoms with van der Waals surface area (Å²) in [6.45, 7) is 1.35. The minimum Gasteiger partial charge on any atom is -0.325 e. The fourth-order valence-electron chi connectivity index (χ4n) is 2.64. The average molecular weight is 401 g/mol. The Morgan fingerprint density at radius 1 is 0.926 bits per heavy atom. The monoisotopic (exact) mass is 400 g/mol. The maximum Gasteiger partial charge on any atom is 0.262 e. The van der Waals surface area contributed by atoms with Crippen LogP contribution in [0.5, 0.6) is 0 Å². The van der Waals surface area contributed by atoms with Gasteiger partial charge in [-0.25, -0.2) is 8.42 Å². The molecule has 0 aliphatic rings. The molecule has 0 saturated carbocycles. The van der Waals surface area contributed by atoms with Crippen LogP contribution in [-0.4, -0.2) is 14.3 Å². The van der Waals surface area contributed by atoms with Gasteiger partial charge in [0.05, 0.1) is 21.3 Å². The quantitative estimate of drug-likeness (QED) is 0.648. The molecule has 0 spiro atoms. The zero-order valence-corrected chi connectivity index (χ0v) is 16.0. The summed E-state index contributed by atoms with van der Waals surface area (Å²) in [4.78, 5) is 11.4. The van der Waals surface area contributed by atoms with Crippen LogP contribution in [0, 0.1) is 0 Å². The number of amides is 1. The van der Waals surface area contributed by atoms with E-state index >= 15 is 0 Å². The lowest BCUT2D eigenvalue weighted by molar-refractivity contribution is -0.114. The van der Waals surface area contributed by atoms with E-state index in [2.05, 4.69) is 10.0 Å². The topological polar surface area (TPSA) is 75.3 Å². The van der Waals surface area contributed by atoms with Gasteiger partial charge in [0.1, 0.15) is 0 Å². The summed E-state index contributed by atoms with van der Waals surface area (Å²) >= 11 is 6.04. The summed E-state index contributed by atoms with van der Waals surface area (Å²) < 4.78 is 28.5. The highest BCUT2D eigenvalue weighted by atomic mass is 35.5. The highest BCUT2D eigenvalue weighted by Gasteiger charge is 2.19. The van der Waals surface area contributed by atoms with E-state index < -0.39 is 10.0 Å². The van der Waals surface area contributed by atoms with Gasteiger partial charge in [0.15, 0.2) is 0 Å². The molecule has 5 nitrogen and oxygen atoms in total. The van der Waals surface area contributed by atoms with Crippen molar-refractivity contribution in [3.8, 4) is 11.1 Å². The predicted molar refractivity (Wildman–Crippen MR) is 108 cm³/mol. The van der Waals surface area contributed by atoms with Crippen molar-refractivity contribution in [2.45, 2.75) is 11.8 Å². The Morgan fingerprint density at radius 2 is 1.59 bits per heavy atom. The Kier molecular flexibility index (Phi) is 5.48. The number of nitrogens with one attached hydrogen (secondary N) is 2. The Labute approximate surface area is 163 Å². The number of hydrogen-bond acceptors (Lipinski definition) is 3. The molecular weight excluding hydrogens is 384 g/mol. The smallest absolute Gasteiger partial charge is 0.262 e. The van der Waals surface area contributed by atoms with Gasteiger partial charge < -0.3 is 5.32 Å². The number of anilines is 2. The Hall–Kier alpha value is -2.83. The van der Waals surface area contributed by atoms with E-state index in [0.717, 1.165) is 5.56 Å². The first-order valence-corrected chi connectivity index (χ1v) is 9.97. The highest BCUT2D eigenvalue weighted by Crippen LogP contribution is 2.30. The largest absolute Gasteiger partial charge is 0.325 e. The number of rotatable bonds is 5. The van der Waals surface area contributed by atoms with Gasteiger partial charge in [-0.2, -0.15) is 0 Å². The zero-order valence-electron chi connectivity index (χ0n) is 14.4. The van der Waals surface area contributed by atoms with Gasteiger partial charge in [0.2, 0.25) is 5.91 Å². The number of halogens is 1. The van der Waals surface area contributed by atoms with Crippen molar-refractivity contribution in [1.82, 2.24) is 0 Å². The first-order valence-electron chi connectivity index (χ1n) is 8.11. The Morgan fingerprint density at radius 3 is 2.30 bits per heavy atom. The van der Waals surface area contributed by atoms with Crippen molar-refractivity contribution >= 4 is 38.9 Å². The molecule has 3 rings (SSSR count). The van der Waals surface area contributed by atoms with Crippen molar-refractivity contribution in [1.29, 1.82) is 0 Å². The van der Waals surface area contributed by atoms with Crippen molar-refractivity contribution in [3.63, 3.8) is 0 Å². The van der Waals surface area contributed by atoms with Crippen molar-refractivity contribution < 1.29 is 13.2 Å². The minimum atomic E-state index is -3.86. The SMILES string of the molecule is CC(=O)Nc1cc(NS(=O)(=O)c2ccccc2-c2ccccc2)ccc1Cl. The Balaban J connectivity index is 1.99. The van der Waals surface area contributed by atoms with Crippen molar-refractivity contribution in [3.05, 3.63) is 77.8 Å². The summed E-state index contributed by atoms with van der Waals surface area (Å²) in [6, 6.07) is 20.6. The lowest BCUT2D eigenvalue weighted by Crippen LogP contribution is -2.14. The molecular formula is C20H17ClN2O3S. The highest BCUT2D eigenvalue weighted by molar-refractivity contribution is 7.92. The fourth-order valence-corrected chi connectivity index (χ4v) is 4.09. The molecule has 0 aliphatic carbocycles. The molecule has 0 aromatic heterocycles. The van der Waals surface area contributed by atoms with E-state index in [4.69, 9.17) is 11.6 Å². The first-order chi connectivity index (χ1) is 12.9. The van der Waals surface area contributed by atoms with Gasteiger partial charge in [-0.3, -0.25) is 9.52 Å². The van der Waals surface area contributed by atoms with Crippen LogP contribution in [0.3, 0.4) is 0 Å². The third-order valence-corrected chi connectivity index (χ3v) is 5.56. The van der Waals surface area contributed by atoms with E-state index in [1.165, 1.54) is 25.1 Å². The molecule has 1 amide bonds. The number of sulfonamides is 1. The maximum absolute atomic E-state index is 13.0. The molecule has 0 unspecified atom stereocenters. The third-order valence-electron chi connectivity index (χ3n) is 3.79. The molecule has 0 radical (unpaired) electrons. The molecule has 0 fully saturated rings. The molecule has 27 heavy (non-hydrogen) atoms. The van der Waals surface area contributed by atoms with E-state index in [-0.39, 0.29) is 10.8 Å². The second kappa shape index (κ2) is 7.82. The zero-order chi connectivity index (χ0) is 19.4. The summed E-state index contributed by atoms with van der Waals surface area (Å²) in [7, 11) is -3.86. The van der Waals surface area contributed by atoms with Crippen LogP contribution >= 0.6 is 11.6 Å². The second-order valence-electron chi connectivity index (χ2n) is 5.84. The van der Waals surface area contributed by atoms with E-state index in [1.54, 1.807) is 24.3 Å². The van der Waals surface area contributed by atoms with Crippen LogP contribution in [0.25, 0.3) is 11.1 Å². The molecule has 0 heterocycles. The lowest BCUT2D eigenvalue weighted by Gasteiger charge is -2.14. The van der Waals surface area contributed by atoms with Gasteiger partial charge in [-0.05, 0) is 29.8 Å². The van der Waals surface area contributed by atoms with Crippen molar-refractivity contribution in [2.75, 3.05) is 10.0 Å². The molecule has 138 valence electrons. The number of carbonyl (C=O) groups excluding carboxylic acids is 1. The molecule has 0 aliphatic heterocycles. The summed E-state index contributed by atoms with van der Waals surface area (Å²) in [5.74, 6) is -0.300. The van der Waals surface area contributed by atoms with Crippen molar-refractivity contribution in [2.24, 2.45) is 0 Å². The van der Waals surface area contributed by atoms with E-state index in [1.807, 2.05) is 30.3 Å². The molecule has 0 bridgehead atoms. The summed E-state index contributed by atoms with van der Waals surface area (Å²) in [5.41, 5.74) is 2.03. The van der Waals surface area contributed by atoms with Gasteiger partial charge in [-0.15, -0.1) is 0 Å². The fraction of sp³-hybridized carbons (Fsp3) is 0.0500. The van der Waals surface area contributed by atoms with Crippen LogP contribution in [0.4, 0.5) is 11.4 Å². The van der Waals surface area contributed by atoms with Gasteiger partial charge in [-0.1, -0.05) is 60.1 Å². The van der Waals surface area contributed by atoms with Gasteiger partial charge >= 0.3 is 0 Å². The molecule has 3 aromatic rings. The van der Waals surface area contributed by atoms with E-state index in [0.29, 0.717) is 22.0 Å². The first kappa shape index (κ1) is 18.9. The van der Waals surface area contributed by atoms with Gasteiger partial charge in [0.25, 0.3) is 10.0 Å². The van der Waals surface area contributed by atoms with Crippen LogP contribution in [0.15, 0.2) is 77.7 Å². The molecule has 2 N–H and O–H groups in total. The second-order valence-corrected chi connectivity index (χ2v) is 7.90. The third kappa shape index (κ3) is 4.48. The van der Waals surface area contributed by atoms with Crippen LogP contribution in [-0.2, 0) is 14.8 Å². The molecule has 7 heteroatoms. The standard InChI is InChI=1S/C20H17ClN2O3S/c1-14(24)22-19-13-16(11-12-18(19)21)23-27(25,26)20-10-6-5-9-17(20)15-7-3-2-4-8-15/h2-13,23H,1H3,(H,22,24). The maximum atomic E-state index is 13.0. The van der Waals surface area contributed by atoms with Crippen LogP contribution < -0.4 is 10.0 Å². The molecule has 0 atom stereocenters. The summed E-state index contributed by atoms with van der Waals surface area (Å²) in [6.07, 6.45) is 0. The Bertz CT molecular complexity index is 1080. The number of benzene rings is 3. The number of hydrogen-bond donors (Lipinski definition) is 2.